The zero-order chi connectivity index (χ0) is 30.3. The summed E-state index contributed by atoms with van der Waals surface area (Å²) in [7, 11) is 0. The van der Waals surface area contributed by atoms with Crippen LogP contribution in [-0.2, 0) is 14.4 Å². The first-order chi connectivity index (χ1) is 20.6. The van der Waals surface area contributed by atoms with Crippen LogP contribution in [0.1, 0.15) is 42.9 Å². The first-order valence-electron chi connectivity index (χ1n) is 13.4. The van der Waals surface area contributed by atoms with Gasteiger partial charge in [-0.2, -0.15) is 5.26 Å². The van der Waals surface area contributed by atoms with Crippen molar-refractivity contribution in [1.82, 2.24) is 15.3 Å². The van der Waals surface area contributed by atoms with E-state index in [1.54, 1.807) is 42.5 Å². The lowest BCUT2D eigenvalue weighted by Gasteiger charge is -2.39. The number of amides is 3. The summed E-state index contributed by atoms with van der Waals surface area (Å²) in [6.07, 6.45) is 1.67. The number of aromatic nitrogens is 2. The molecule has 6 rings (SSSR count). The number of carbonyl (C=O) groups is 3. The lowest BCUT2D eigenvalue weighted by molar-refractivity contribution is -0.133. The van der Waals surface area contributed by atoms with Gasteiger partial charge in [-0.25, -0.2) is 18.7 Å². The van der Waals surface area contributed by atoms with Gasteiger partial charge in [0.25, 0.3) is 11.8 Å². The number of hydrogen-bond acceptors (Lipinski definition) is 7. The molecule has 2 fully saturated rings. The number of rotatable bonds is 7. The van der Waals surface area contributed by atoms with Gasteiger partial charge in [-0.3, -0.25) is 24.2 Å². The van der Waals surface area contributed by atoms with Gasteiger partial charge in [-0.1, -0.05) is 29.8 Å². The monoisotopic (exact) mass is 604 g/mol. The predicted molar refractivity (Wildman–Crippen MR) is 151 cm³/mol. The van der Waals surface area contributed by atoms with Gasteiger partial charge in [0.15, 0.2) is 12.0 Å². The van der Waals surface area contributed by atoms with Crippen molar-refractivity contribution >= 4 is 51.9 Å². The fraction of sp³-hybridized carbons (Fsp3) is 0.267. The van der Waals surface area contributed by atoms with Crippen molar-refractivity contribution in [3.05, 3.63) is 83.3 Å². The Labute approximate surface area is 248 Å². The molecule has 2 aliphatic rings. The predicted octanol–water partition coefficient (Wildman–Crippen LogP) is 4.93. The highest BCUT2D eigenvalue weighted by Gasteiger charge is 2.48. The quantitative estimate of drug-likeness (QED) is 0.316. The molecule has 0 radical (unpaired) electrons. The Morgan fingerprint density at radius 3 is 2.70 bits per heavy atom. The molecule has 0 bridgehead atoms. The molecule has 218 valence electrons. The van der Waals surface area contributed by atoms with Crippen LogP contribution in [0.3, 0.4) is 0 Å². The number of fused-ring (bicyclic) bond motifs is 1. The molecule has 0 spiro atoms. The molecule has 13 heteroatoms. The number of nitrogens with one attached hydrogen (secondary N) is 1. The molecule has 2 atom stereocenters. The van der Waals surface area contributed by atoms with Crippen LogP contribution in [0, 0.1) is 11.3 Å². The number of pyridine rings is 1. The van der Waals surface area contributed by atoms with Gasteiger partial charge in [0.05, 0.1) is 11.6 Å². The van der Waals surface area contributed by atoms with E-state index in [0.717, 1.165) is 0 Å². The number of nitrogens with zero attached hydrogens (tertiary/aromatic N) is 5. The topological polar surface area (TPSA) is 132 Å². The first-order valence-corrected chi connectivity index (χ1v) is 13.8. The molecule has 3 heterocycles. The SMILES string of the molecule is N#Cc1ccnc(N2C(=O)CC[C@H]2C(=O)N(c2ccc3ocnc3c2)[C@H](C(=O)NC2CC(F)(F)C2)c2ccccc2Cl)c1. The van der Waals surface area contributed by atoms with Crippen LogP contribution in [0.4, 0.5) is 20.3 Å². The van der Waals surface area contributed by atoms with Crippen molar-refractivity contribution < 1.29 is 27.6 Å². The molecular formula is C30H23ClF2N6O4. The highest BCUT2D eigenvalue weighted by atomic mass is 35.5. The van der Waals surface area contributed by atoms with Crippen molar-refractivity contribution in [2.75, 3.05) is 9.80 Å². The Morgan fingerprint density at radius 2 is 1.95 bits per heavy atom. The standard InChI is InChI=1S/C30H23ClF2N6O4/c31-21-4-2-1-3-20(21)27(28(41)37-18-13-30(32,33)14-18)38(19-5-7-24-22(12-19)36-16-43-24)29(42)23-6-8-26(40)39(23)25-11-17(15-34)9-10-35-25/h1-5,7,9-12,16,18,23,27H,6,8,13-14H2,(H,37,41)/t23-,27-/m0/s1. The molecule has 1 N–H and O–H groups in total. The molecule has 43 heavy (non-hydrogen) atoms. The van der Waals surface area contributed by atoms with E-state index in [0.29, 0.717) is 11.1 Å². The fourth-order valence-corrected chi connectivity index (χ4v) is 5.76. The largest absolute Gasteiger partial charge is 0.443 e. The number of oxazole rings is 1. The van der Waals surface area contributed by atoms with Crippen LogP contribution in [0.25, 0.3) is 11.1 Å². The van der Waals surface area contributed by atoms with E-state index in [1.165, 1.54) is 34.5 Å². The molecular weight excluding hydrogens is 582 g/mol. The summed E-state index contributed by atoms with van der Waals surface area (Å²) in [6, 6.07) is 12.7. The Hall–Kier alpha value is -4.89. The Balaban J connectivity index is 1.47. The highest BCUT2D eigenvalue weighted by molar-refractivity contribution is 6.31. The molecule has 1 aliphatic carbocycles. The lowest BCUT2D eigenvalue weighted by Crippen LogP contribution is -2.56. The second kappa shape index (κ2) is 11.1. The maximum atomic E-state index is 14.7. The molecule has 4 aromatic rings. The average Bonchev–Trinajstić information content (AvgIpc) is 3.61. The Morgan fingerprint density at radius 1 is 1.16 bits per heavy atom. The minimum absolute atomic E-state index is 0.0190. The zero-order valence-corrected chi connectivity index (χ0v) is 23.2. The molecule has 2 aromatic heterocycles. The highest BCUT2D eigenvalue weighted by Crippen LogP contribution is 2.40. The lowest BCUT2D eigenvalue weighted by atomic mass is 9.87. The number of carbonyl (C=O) groups excluding carboxylic acids is 3. The summed E-state index contributed by atoms with van der Waals surface area (Å²) in [5.74, 6) is -4.52. The smallest absolute Gasteiger partial charge is 0.252 e. The molecule has 2 aromatic carbocycles. The van der Waals surface area contributed by atoms with Crippen LogP contribution < -0.4 is 15.1 Å². The Kier molecular flexibility index (Phi) is 7.27. The second-order valence-electron chi connectivity index (χ2n) is 10.4. The molecule has 1 saturated carbocycles. The molecule has 0 unspecified atom stereocenters. The summed E-state index contributed by atoms with van der Waals surface area (Å²) < 4.78 is 32.7. The van der Waals surface area contributed by atoms with Gasteiger partial charge in [0, 0.05) is 47.8 Å². The van der Waals surface area contributed by atoms with Gasteiger partial charge in [-0.15, -0.1) is 0 Å². The third-order valence-corrected chi connectivity index (χ3v) is 7.94. The average molecular weight is 605 g/mol. The van der Waals surface area contributed by atoms with Gasteiger partial charge in [0.2, 0.25) is 11.8 Å². The summed E-state index contributed by atoms with van der Waals surface area (Å²) >= 11 is 6.58. The van der Waals surface area contributed by atoms with Crippen molar-refractivity contribution in [3.63, 3.8) is 0 Å². The van der Waals surface area contributed by atoms with Crippen LogP contribution in [0.2, 0.25) is 5.02 Å². The van der Waals surface area contributed by atoms with Gasteiger partial charge < -0.3 is 9.73 Å². The van der Waals surface area contributed by atoms with Crippen molar-refractivity contribution in [2.45, 2.75) is 49.7 Å². The van der Waals surface area contributed by atoms with Crippen molar-refractivity contribution in [2.24, 2.45) is 0 Å². The van der Waals surface area contributed by atoms with Crippen molar-refractivity contribution in [3.8, 4) is 6.07 Å². The minimum atomic E-state index is -2.89. The number of anilines is 2. The maximum Gasteiger partial charge on any atom is 0.252 e. The van der Waals surface area contributed by atoms with E-state index < -0.39 is 48.7 Å². The second-order valence-corrected chi connectivity index (χ2v) is 10.8. The van der Waals surface area contributed by atoms with Gasteiger partial charge in [0.1, 0.15) is 23.4 Å². The fourth-order valence-electron chi connectivity index (χ4n) is 5.52. The number of halogens is 3. The van der Waals surface area contributed by atoms with Crippen LogP contribution in [0.15, 0.2) is 71.6 Å². The first kappa shape index (κ1) is 28.2. The number of hydrogen-bond donors (Lipinski definition) is 1. The van der Waals surface area contributed by atoms with E-state index in [2.05, 4.69) is 15.3 Å². The maximum absolute atomic E-state index is 14.7. The molecule has 1 saturated heterocycles. The number of benzene rings is 2. The zero-order valence-electron chi connectivity index (χ0n) is 22.4. The summed E-state index contributed by atoms with van der Waals surface area (Å²) in [6.45, 7) is 0. The van der Waals surface area contributed by atoms with E-state index >= 15 is 0 Å². The van der Waals surface area contributed by atoms with E-state index in [1.807, 2.05) is 6.07 Å². The third kappa shape index (κ3) is 5.39. The van der Waals surface area contributed by atoms with Crippen LogP contribution in [0.5, 0.6) is 0 Å². The number of nitriles is 1. The van der Waals surface area contributed by atoms with Gasteiger partial charge >= 0.3 is 0 Å². The molecule has 1 aliphatic heterocycles. The summed E-state index contributed by atoms with van der Waals surface area (Å²) in [5, 5.41) is 12.2. The molecule has 3 amide bonds. The van der Waals surface area contributed by atoms with Crippen molar-refractivity contribution in [1.29, 1.82) is 5.26 Å². The van der Waals surface area contributed by atoms with Crippen LogP contribution >= 0.6 is 11.6 Å². The van der Waals surface area contributed by atoms with Gasteiger partial charge in [-0.05, 0) is 42.8 Å². The molecule has 10 nitrogen and oxygen atoms in total. The summed E-state index contributed by atoms with van der Waals surface area (Å²) in [4.78, 5) is 52.6. The normalized spacial score (nSPS) is 18.6. The summed E-state index contributed by atoms with van der Waals surface area (Å²) in [5.41, 5.74) is 1.57. The minimum Gasteiger partial charge on any atom is -0.443 e. The Bertz CT molecular complexity index is 1780. The third-order valence-electron chi connectivity index (χ3n) is 7.59. The van der Waals surface area contributed by atoms with Crippen LogP contribution in [-0.4, -0.2) is 45.7 Å². The van der Waals surface area contributed by atoms with E-state index in [-0.39, 0.29) is 46.4 Å². The van der Waals surface area contributed by atoms with E-state index in [9.17, 15) is 28.4 Å². The van der Waals surface area contributed by atoms with E-state index in [4.69, 9.17) is 16.0 Å². The number of alkyl halides is 2.